The third-order valence-corrected chi connectivity index (χ3v) is 5.39. The van der Waals surface area contributed by atoms with Crippen LogP contribution in [0.2, 0.25) is 0 Å². The lowest BCUT2D eigenvalue weighted by Crippen LogP contribution is -2.22. The van der Waals surface area contributed by atoms with Gasteiger partial charge in [-0.1, -0.05) is 36.4 Å². The minimum absolute atomic E-state index is 0.0861. The molecule has 2 aromatic carbocycles. The van der Waals surface area contributed by atoms with Crippen LogP contribution >= 0.6 is 0 Å². The highest BCUT2D eigenvalue weighted by Gasteiger charge is 2.25. The molecule has 128 valence electrons. The fourth-order valence-electron chi connectivity index (χ4n) is 2.24. The summed E-state index contributed by atoms with van der Waals surface area (Å²) in [5.74, 6) is -0.484. The van der Waals surface area contributed by atoms with Gasteiger partial charge in [0.15, 0.2) is 5.70 Å². The summed E-state index contributed by atoms with van der Waals surface area (Å²) >= 11 is 0. The summed E-state index contributed by atoms with van der Waals surface area (Å²) in [5, 5.41) is 0. The molecule has 0 bridgehead atoms. The summed E-state index contributed by atoms with van der Waals surface area (Å²) in [6.45, 7) is 0. The van der Waals surface area contributed by atoms with E-state index in [0.717, 1.165) is 9.87 Å². The largest absolute Gasteiger partial charge is 0.402 e. The molecule has 0 atom stereocenters. The number of cyclic esters (lactones) is 1. The van der Waals surface area contributed by atoms with Crippen molar-refractivity contribution in [2.75, 3.05) is 14.1 Å². The number of nitrogens with zero attached hydrogens (tertiary/aromatic N) is 2. The highest BCUT2D eigenvalue weighted by molar-refractivity contribution is 7.89. The Morgan fingerprint density at radius 1 is 1.04 bits per heavy atom. The standard InChI is InChI=1S/C18H16N2O4S/c1-20(2)25(22,23)15-10-6-9-14(12-15)17-19-16(18(21)24-17)11-13-7-4-3-5-8-13/h3-12H,1-2H3/b16-11+. The minimum atomic E-state index is -3.58. The Hall–Kier alpha value is -2.77. The minimum Gasteiger partial charge on any atom is -0.402 e. The molecule has 0 spiro atoms. The third-order valence-electron chi connectivity index (χ3n) is 3.58. The molecule has 25 heavy (non-hydrogen) atoms. The highest BCUT2D eigenvalue weighted by Crippen LogP contribution is 2.21. The van der Waals surface area contributed by atoms with E-state index in [9.17, 15) is 13.2 Å². The van der Waals surface area contributed by atoms with Gasteiger partial charge in [-0.05, 0) is 29.8 Å². The number of aliphatic imine (C=N–C) groups is 1. The van der Waals surface area contributed by atoms with Crippen molar-refractivity contribution >= 4 is 28.0 Å². The van der Waals surface area contributed by atoms with E-state index < -0.39 is 16.0 Å². The highest BCUT2D eigenvalue weighted by atomic mass is 32.2. The monoisotopic (exact) mass is 356 g/mol. The maximum absolute atomic E-state index is 12.2. The first kappa shape index (κ1) is 17.1. The summed E-state index contributed by atoms with van der Waals surface area (Å²) < 4.78 is 30.8. The van der Waals surface area contributed by atoms with Gasteiger partial charge >= 0.3 is 5.97 Å². The number of carbonyl (C=O) groups excluding carboxylic acids is 1. The van der Waals surface area contributed by atoms with E-state index >= 15 is 0 Å². The van der Waals surface area contributed by atoms with Gasteiger partial charge in [0.05, 0.1) is 4.90 Å². The van der Waals surface area contributed by atoms with Crippen LogP contribution in [-0.2, 0) is 19.6 Å². The van der Waals surface area contributed by atoms with Gasteiger partial charge in [0.2, 0.25) is 15.9 Å². The SMILES string of the molecule is CN(C)S(=O)(=O)c1cccc(C2=N/C(=C/c3ccccc3)C(=O)O2)c1. The van der Waals surface area contributed by atoms with Gasteiger partial charge < -0.3 is 4.74 Å². The lowest BCUT2D eigenvalue weighted by atomic mass is 10.2. The maximum Gasteiger partial charge on any atom is 0.363 e. The van der Waals surface area contributed by atoms with Crippen LogP contribution < -0.4 is 0 Å². The first-order valence-corrected chi connectivity index (χ1v) is 8.92. The van der Waals surface area contributed by atoms with Crippen molar-refractivity contribution in [3.63, 3.8) is 0 Å². The molecule has 2 aromatic rings. The molecule has 0 aliphatic carbocycles. The molecule has 0 saturated carbocycles. The lowest BCUT2D eigenvalue weighted by Gasteiger charge is -2.11. The average Bonchev–Trinajstić information content (AvgIpc) is 2.96. The zero-order chi connectivity index (χ0) is 18.0. The van der Waals surface area contributed by atoms with Crippen molar-refractivity contribution in [3.8, 4) is 0 Å². The molecule has 0 radical (unpaired) electrons. The Bertz CT molecular complexity index is 977. The van der Waals surface area contributed by atoms with E-state index in [1.165, 1.54) is 26.2 Å². The van der Waals surface area contributed by atoms with Crippen molar-refractivity contribution in [3.05, 3.63) is 71.4 Å². The summed E-state index contributed by atoms with van der Waals surface area (Å²) in [6, 6.07) is 15.4. The molecule has 3 rings (SSSR count). The summed E-state index contributed by atoms with van der Waals surface area (Å²) in [5.41, 5.74) is 1.41. The van der Waals surface area contributed by atoms with Crippen molar-refractivity contribution in [2.45, 2.75) is 4.90 Å². The van der Waals surface area contributed by atoms with Crippen LogP contribution in [0.3, 0.4) is 0 Å². The van der Waals surface area contributed by atoms with Crippen LogP contribution in [0.1, 0.15) is 11.1 Å². The van der Waals surface area contributed by atoms with Gasteiger partial charge in [0, 0.05) is 19.7 Å². The third kappa shape index (κ3) is 3.52. The van der Waals surface area contributed by atoms with Crippen molar-refractivity contribution in [1.82, 2.24) is 4.31 Å². The molecule has 0 N–H and O–H groups in total. The van der Waals surface area contributed by atoms with Crippen LogP contribution in [-0.4, -0.2) is 38.7 Å². The Labute approximate surface area is 146 Å². The van der Waals surface area contributed by atoms with Crippen LogP contribution in [0.4, 0.5) is 0 Å². The number of sulfonamides is 1. The van der Waals surface area contributed by atoms with Gasteiger partial charge in [-0.2, -0.15) is 0 Å². The number of esters is 1. The predicted octanol–water partition coefficient (Wildman–Crippen LogP) is 2.28. The summed E-state index contributed by atoms with van der Waals surface area (Å²) in [4.78, 5) is 16.3. The topological polar surface area (TPSA) is 76.0 Å². The van der Waals surface area contributed by atoms with Gasteiger partial charge in [0.25, 0.3) is 0 Å². The van der Waals surface area contributed by atoms with E-state index in [1.54, 1.807) is 18.2 Å². The van der Waals surface area contributed by atoms with Crippen molar-refractivity contribution in [2.24, 2.45) is 4.99 Å². The Morgan fingerprint density at radius 3 is 2.44 bits per heavy atom. The second kappa shape index (κ2) is 6.62. The molecule has 0 unspecified atom stereocenters. The molecule has 0 fully saturated rings. The summed E-state index contributed by atoms with van der Waals surface area (Å²) in [7, 11) is -0.673. The number of hydrogen-bond donors (Lipinski definition) is 0. The van der Waals surface area contributed by atoms with E-state index in [2.05, 4.69) is 4.99 Å². The fraction of sp³-hybridized carbons (Fsp3) is 0.111. The number of hydrogen-bond acceptors (Lipinski definition) is 5. The smallest absolute Gasteiger partial charge is 0.363 e. The van der Waals surface area contributed by atoms with Crippen LogP contribution in [0.5, 0.6) is 0 Å². The molecule has 7 heteroatoms. The van der Waals surface area contributed by atoms with Gasteiger partial charge in [-0.25, -0.2) is 22.5 Å². The molecule has 1 heterocycles. The van der Waals surface area contributed by atoms with Crippen LogP contribution in [0, 0.1) is 0 Å². The Morgan fingerprint density at radius 2 is 1.76 bits per heavy atom. The van der Waals surface area contributed by atoms with E-state index in [1.807, 2.05) is 30.3 Å². The Kier molecular flexibility index (Phi) is 4.52. The molecule has 6 nitrogen and oxygen atoms in total. The zero-order valence-electron chi connectivity index (χ0n) is 13.7. The molecule has 1 aliphatic rings. The molecule has 0 amide bonds. The van der Waals surface area contributed by atoms with Gasteiger partial charge in [-0.15, -0.1) is 0 Å². The van der Waals surface area contributed by atoms with E-state index in [4.69, 9.17) is 4.74 Å². The zero-order valence-corrected chi connectivity index (χ0v) is 14.5. The Balaban J connectivity index is 1.97. The maximum atomic E-state index is 12.2. The van der Waals surface area contributed by atoms with E-state index in [0.29, 0.717) is 5.56 Å². The first-order valence-electron chi connectivity index (χ1n) is 7.48. The fourth-order valence-corrected chi connectivity index (χ4v) is 3.19. The molecule has 0 aromatic heterocycles. The van der Waals surface area contributed by atoms with Crippen LogP contribution in [0.25, 0.3) is 6.08 Å². The lowest BCUT2D eigenvalue weighted by molar-refractivity contribution is -0.129. The predicted molar refractivity (Wildman–Crippen MR) is 94.4 cm³/mol. The molecular weight excluding hydrogens is 340 g/mol. The van der Waals surface area contributed by atoms with Crippen molar-refractivity contribution in [1.29, 1.82) is 0 Å². The van der Waals surface area contributed by atoms with Gasteiger partial charge in [0.1, 0.15) is 0 Å². The van der Waals surface area contributed by atoms with Crippen molar-refractivity contribution < 1.29 is 17.9 Å². The first-order chi connectivity index (χ1) is 11.9. The summed E-state index contributed by atoms with van der Waals surface area (Å²) in [6.07, 6.45) is 1.62. The number of benzene rings is 2. The van der Waals surface area contributed by atoms with Crippen LogP contribution in [0.15, 0.2) is 70.2 Å². The molecule has 0 saturated heterocycles. The number of ether oxygens (including phenoxy) is 1. The van der Waals surface area contributed by atoms with E-state index in [-0.39, 0.29) is 16.5 Å². The average molecular weight is 356 g/mol. The van der Waals surface area contributed by atoms with Gasteiger partial charge in [-0.3, -0.25) is 0 Å². The molecule has 1 aliphatic heterocycles. The second-order valence-electron chi connectivity index (χ2n) is 5.56. The number of carbonyl (C=O) groups is 1. The second-order valence-corrected chi connectivity index (χ2v) is 7.71. The molecular formula is C18H16N2O4S. The quantitative estimate of drug-likeness (QED) is 0.622. The normalized spacial score (nSPS) is 16.2. The number of rotatable bonds is 4.